The second-order valence-corrected chi connectivity index (χ2v) is 8.02. The minimum absolute atomic E-state index is 0.115. The lowest BCUT2D eigenvalue weighted by molar-refractivity contribution is 0.0165. The normalized spacial score (nSPS) is 21.0. The van der Waals surface area contributed by atoms with E-state index in [2.05, 4.69) is 26.8 Å². The Kier molecular flexibility index (Phi) is 4.68. The van der Waals surface area contributed by atoms with Gasteiger partial charge in [-0.05, 0) is 39.2 Å². The zero-order valence-electron chi connectivity index (χ0n) is 16.1. The van der Waals surface area contributed by atoms with Gasteiger partial charge in [0.2, 0.25) is 5.95 Å². The minimum Gasteiger partial charge on any atom is -0.444 e. The molecule has 1 aliphatic rings. The minimum atomic E-state index is -0.500. The number of aromatic nitrogens is 3. The van der Waals surface area contributed by atoms with E-state index in [0.29, 0.717) is 24.7 Å². The monoisotopic (exact) mass is 360 g/mol. The van der Waals surface area contributed by atoms with Crippen LogP contribution in [0.1, 0.15) is 34.1 Å². The van der Waals surface area contributed by atoms with Crippen molar-refractivity contribution in [3.63, 3.8) is 0 Å². The Bertz CT molecular complexity index is 797. The number of amides is 1. The Morgan fingerprint density at radius 2 is 2.15 bits per heavy atom. The molecule has 3 N–H and O–H groups in total. The van der Waals surface area contributed by atoms with Gasteiger partial charge in [-0.1, -0.05) is 6.92 Å². The molecule has 2 aromatic rings. The summed E-state index contributed by atoms with van der Waals surface area (Å²) in [5, 5.41) is 0.920. The second-order valence-electron chi connectivity index (χ2n) is 8.02. The van der Waals surface area contributed by atoms with E-state index in [9.17, 15) is 4.79 Å². The largest absolute Gasteiger partial charge is 0.444 e. The molecule has 0 bridgehead atoms. The molecule has 1 aliphatic heterocycles. The molecule has 0 aromatic carbocycles. The van der Waals surface area contributed by atoms with Crippen molar-refractivity contribution in [2.45, 2.75) is 45.8 Å². The number of nitrogens with one attached hydrogen (secondary N) is 1. The Morgan fingerprint density at radius 1 is 1.42 bits per heavy atom. The molecule has 2 atom stereocenters. The van der Waals surface area contributed by atoms with Crippen LogP contribution in [0.2, 0.25) is 0 Å². The van der Waals surface area contributed by atoms with Crippen LogP contribution in [0.15, 0.2) is 12.3 Å². The highest BCUT2D eigenvalue weighted by Gasteiger charge is 2.34. The van der Waals surface area contributed by atoms with Gasteiger partial charge in [0.1, 0.15) is 17.1 Å². The van der Waals surface area contributed by atoms with Gasteiger partial charge in [-0.15, -0.1) is 0 Å². The standard InChI is InChI=1S/C18H28N6O2/c1-11-7-9-24(17(25)26-18(2,3)4)10-13(11)23(5)15-12-6-8-20-14(12)21-16(19)22-15/h6,8,11,13H,7,9-10H2,1-5H3,(H3,19,20,21,22). The summed E-state index contributed by atoms with van der Waals surface area (Å²) in [6.07, 6.45) is 2.47. The number of anilines is 2. The number of fused-ring (bicyclic) bond motifs is 1. The number of likely N-dealkylation sites (tertiary alicyclic amines) is 1. The molecule has 2 unspecified atom stereocenters. The molecule has 1 saturated heterocycles. The highest BCUT2D eigenvalue weighted by molar-refractivity contribution is 5.88. The lowest BCUT2D eigenvalue weighted by atomic mass is 9.92. The van der Waals surface area contributed by atoms with Crippen LogP contribution in [0.25, 0.3) is 11.0 Å². The van der Waals surface area contributed by atoms with Gasteiger partial charge in [0.05, 0.1) is 11.4 Å². The smallest absolute Gasteiger partial charge is 0.410 e. The number of rotatable bonds is 2. The highest BCUT2D eigenvalue weighted by Crippen LogP contribution is 2.30. The summed E-state index contributed by atoms with van der Waals surface area (Å²) < 4.78 is 5.54. The predicted octanol–water partition coefficient (Wildman–Crippen LogP) is 2.62. The van der Waals surface area contributed by atoms with Crippen LogP contribution in [0, 0.1) is 5.92 Å². The van der Waals surface area contributed by atoms with Crippen molar-refractivity contribution in [3.05, 3.63) is 12.3 Å². The first-order valence-electron chi connectivity index (χ1n) is 8.97. The molecule has 1 amide bonds. The molecule has 0 radical (unpaired) electrons. The molecule has 8 heteroatoms. The van der Waals surface area contributed by atoms with E-state index in [1.807, 2.05) is 40.1 Å². The number of piperidine rings is 1. The molecule has 1 fully saturated rings. The van der Waals surface area contributed by atoms with E-state index in [1.165, 1.54) is 0 Å². The van der Waals surface area contributed by atoms with Crippen LogP contribution in [-0.4, -0.2) is 57.7 Å². The number of nitrogens with two attached hydrogens (primary N) is 1. The molecular weight excluding hydrogens is 332 g/mol. The van der Waals surface area contributed by atoms with E-state index in [1.54, 1.807) is 4.90 Å². The Morgan fingerprint density at radius 3 is 2.85 bits per heavy atom. The molecule has 0 spiro atoms. The molecular formula is C18H28N6O2. The van der Waals surface area contributed by atoms with Gasteiger partial charge in [0.25, 0.3) is 0 Å². The van der Waals surface area contributed by atoms with Gasteiger partial charge < -0.3 is 25.3 Å². The summed E-state index contributed by atoms with van der Waals surface area (Å²) in [5.41, 5.74) is 6.09. The third kappa shape index (κ3) is 3.68. The number of hydrogen-bond acceptors (Lipinski definition) is 6. The number of carbonyl (C=O) groups excluding carboxylic acids is 1. The van der Waals surface area contributed by atoms with Gasteiger partial charge in [-0.2, -0.15) is 9.97 Å². The molecule has 142 valence electrons. The van der Waals surface area contributed by atoms with Crippen molar-refractivity contribution in [1.29, 1.82) is 0 Å². The van der Waals surface area contributed by atoms with Gasteiger partial charge in [0.15, 0.2) is 0 Å². The average molecular weight is 360 g/mol. The summed E-state index contributed by atoms with van der Waals surface area (Å²) in [4.78, 5) is 28.1. The quantitative estimate of drug-likeness (QED) is 0.854. The molecule has 2 aromatic heterocycles. The molecule has 0 aliphatic carbocycles. The lowest BCUT2D eigenvalue weighted by Gasteiger charge is -2.42. The second kappa shape index (κ2) is 6.66. The number of aromatic amines is 1. The van der Waals surface area contributed by atoms with Crippen LogP contribution in [0.5, 0.6) is 0 Å². The maximum absolute atomic E-state index is 12.5. The first-order chi connectivity index (χ1) is 12.2. The van der Waals surface area contributed by atoms with Crippen LogP contribution in [0.3, 0.4) is 0 Å². The summed E-state index contributed by atoms with van der Waals surface area (Å²) in [5.74, 6) is 1.41. The Balaban J connectivity index is 1.84. The summed E-state index contributed by atoms with van der Waals surface area (Å²) in [7, 11) is 1.99. The maximum atomic E-state index is 12.5. The zero-order valence-corrected chi connectivity index (χ0v) is 16.1. The van der Waals surface area contributed by atoms with Crippen molar-refractivity contribution in [3.8, 4) is 0 Å². The average Bonchev–Trinajstić information content (AvgIpc) is 3.00. The van der Waals surface area contributed by atoms with Crippen molar-refractivity contribution in [2.75, 3.05) is 30.8 Å². The molecule has 8 nitrogen and oxygen atoms in total. The SMILES string of the molecule is CC1CCN(C(=O)OC(C)(C)C)CC1N(C)c1nc(N)nc2[nH]ccc12. The van der Waals surface area contributed by atoms with Crippen LogP contribution in [-0.2, 0) is 4.74 Å². The van der Waals surface area contributed by atoms with E-state index in [4.69, 9.17) is 10.5 Å². The molecule has 3 rings (SSSR count). The van der Waals surface area contributed by atoms with Gasteiger partial charge in [-0.3, -0.25) is 0 Å². The van der Waals surface area contributed by atoms with E-state index < -0.39 is 5.60 Å². The number of hydrogen-bond donors (Lipinski definition) is 2. The fourth-order valence-electron chi connectivity index (χ4n) is 3.41. The van der Waals surface area contributed by atoms with E-state index in [0.717, 1.165) is 17.6 Å². The van der Waals surface area contributed by atoms with Gasteiger partial charge in [0, 0.05) is 26.3 Å². The maximum Gasteiger partial charge on any atom is 0.410 e. The summed E-state index contributed by atoms with van der Waals surface area (Å²) in [6, 6.07) is 2.06. The van der Waals surface area contributed by atoms with Crippen molar-refractivity contribution in [2.24, 2.45) is 5.92 Å². The van der Waals surface area contributed by atoms with Gasteiger partial charge in [-0.25, -0.2) is 4.79 Å². The van der Waals surface area contributed by atoms with Crippen LogP contribution in [0.4, 0.5) is 16.6 Å². The van der Waals surface area contributed by atoms with E-state index >= 15 is 0 Å². The number of ether oxygens (including phenoxy) is 1. The van der Waals surface area contributed by atoms with Crippen molar-refractivity contribution < 1.29 is 9.53 Å². The van der Waals surface area contributed by atoms with Crippen molar-refractivity contribution >= 4 is 28.9 Å². The first-order valence-corrected chi connectivity index (χ1v) is 8.97. The number of H-pyrrole nitrogens is 1. The van der Waals surface area contributed by atoms with Crippen molar-refractivity contribution in [1.82, 2.24) is 19.9 Å². The third-order valence-electron chi connectivity index (χ3n) is 4.81. The molecule has 3 heterocycles. The highest BCUT2D eigenvalue weighted by atomic mass is 16.6. The summed E-state index contributed by atoms with van der Waals surface area (Å²) in [6.45, 7) is 9.13. The molecule has 0 saturated carbocycles. The van der Waals surface area contributed by atoms with Gasteiger partial charge >= 0.3 is 6.09 Å². The number of nitrogens with zero attached hydrogens (tertiary/aromatic N) is 4. The zero-order chi connectivity index (χ0) is 19.1. The van der Waals surface area contributed by atoms with E-state index in [-0.39, 0.29) is 18.1 Å². The number of likely N-dealkylation sites (N-methyl/N-ethyl adjacent to an activating group) is 1. The summed E-state index contributed by atoms with van der Waals surface area (Å²) >= 11 is 0. The fourth-order valence-corrected chi connectivity index (χ4v) is 3.41. The number of nitrogen functional groups attached to an aromatic ring is 1. The predicted molar refractivity (Wildman–Crippen MR) is 102 cm³/mol. The Labute approximate surface area is 153 Å². The number of carbonyl (C=O) groups is 1. The third-order valence-corrected chi connectivity index (χ3v) is 4.81. The topological polar surface area (TPSA) is 100 Å². The molecule has 26 heavy (non-hydrogen) atoms. The lowest BCUT2D eigenvalue weighted by Crippen LogP contribution is -2.53. The fraction of sp³-hybridized carbons (Fsp3) is 0.611. The first kappa shape index (κ1) is 18.3. The Hall–Kier alpha value is -2.51. The van der Waals surface area contributed by atoms with Crippen LogP contribution < -0.4 is 10.6 Å². The van der Waals surface area contributed by atoms with Crippen LogP contribution >= 0.6 is 0 Å².